The van der Waals surface area contributed by atoms with Crippen LogP contribution in [0.5, 0.6) is 0 Å². The Morgan fingerprint density at radius 3 is 2.00 bits per heavy atom. The highest BCUT2D eigenvalue weighted by Gasteiger charge is 2.23. The van der Waals surface area contributed by atoms with Gasteiger partial charge in [-0.3, -0.25) is 0 Å². The van der Waals surface area contributed by atoms with E-state index in [-0.39, 0.29) is 0 Å². The van der Waals surface area contributed by atoms with E-state index >= 15 is 0 Å². The van der Waals surface area contributed by atoms with Crippen molar-refractivity contribution in [3.8, 4) is 0 Å². The molecule has 94 valence electrons. The minimum absolute atomic E-state index is 0.408. The predicted octanol–water partition coefficient (Wildman–Crippen LogP) is 2.96. The Hall–Kier alpha value is -0.0800. The summed E-state index contributed by atoms with van der Waals surface area (Å²) in [5.41, 5.74) is 6.27. The molecule has 2 saturated carbocycles. The molecule has 2 heteroatoms. The summed E-state index contributed by atoms with van der Waals surface area (Å²) in [5, 5.41) is 3.86. The maximum atomic E-state index is 6.27. The lowest BCUT2D eigenvalue weighted by molar-refractivity contribution is 0.339. The Bertz CT molecular complexity index is 185. The van der Waals surface area contributed by atoms with Gasteiger partial charge >= 0.3 is 0 Å². The molecular weight excluding hydrogens is 196 g/mol. The third-order valence-electron chi connectivity index (χ3n) is 4.37. The fourth-order valence-corrected chi connectivity index (χ4v) is 3.29. The normalized spacial score (nSPS) is 34.3. The summed E-state index contributed by atoms with van der Waals surface area (Å²) in [6.45, 7) is 0. The second kappa shape index (κ2) is 6.61. The Kier molecular flexibility index (Phi) is 5.11. The van der Waals surface area contributed by atoms with Gasteiger partial charge in [0, 0.05) is 18.1 Å². The van der Waals surface area contributed by atoms with Crippen molar-refractivity contribution < 1.29 is 0 Å². The van der Waals surface area contributed by atoms with Crippen LogP contribution in [0.25, 0.3) is 0 Å². The standard InChI is InChI=1S/C14H28N2/c15-13-10-6-3-7-11-14(13)16-12-8-4-1-2-5-9-12/h12-14,16H,1-11,15H2. The molecule has 0 aromatic carbocycles. The fraction of sp³-hybridized carbons (Fsp3) is 1.00. The summed E-state index contributed by atoms with van der Waals surface area (Å²) in [5.74, 6) is 0. The van der Waals surface area contributed by atoms with Gasteiger partial charge in [0.2, 0.25) is 0 Å². The third-order valence-corrected chi connectivity index (χ3v) is 4.37. The first-order valence-corrected chi connectivity index (χ1v) is 7.38. The molecule has 2 fully saturated rings. The van der Waals surface area contributed by atoms with Crippen molar-refractivity contribution in [2.75, 3.05) is 0 Å². The van der Waals surface area contributed by atoms with E-state index in [0.29, 0.717) is 12.1 Å². The number of hydrogen-bond acceptors (Lipinski definition) is 2. The van der Waals surface area contributed by atoms with Gasteiger partial charge in [-0.2, -0.15) is 0 Å². The van der Waals surface area contributed by atoms with Crippen molar-refractivity contribution in [3.05, 3.63) is 0 Å². The minimum Gasteiger partial charge on any atom is -0.326 e. The average Bonchev–Trinajstić information content (AvgIpc) is 2.64. The SMILES string of the molecule is NC1CCCCCC1NC1CCCCCC1. The van der Waals surface area contributed by atoms with Crippen LogP contribution in [0, 0.1) is 0 Å². The van der Waals surface area contributed by atoms with Gasteiger partial charge in [-0.05, 0) is 25.7 Å². The molecule has 0 radical (unpaired) electrons. The molecule has 0 aliphatic heterocycles. The van der Waals surface area contributed by atoms with Crippen LogP contribution in [0.2, 0.25) is 0 Å². The minimum atomic E-state index is 0.408. The molecule has 2 nitrogen and oxygen atoms in total. The van der Waals surface area contributed by atoms with Gasteiger partial charge in [-0.1, -0.05) is 44.9 Å². The van der Waals surface area contributed by atoms with E-state index in [2.05, 4.69) is 5.32 Å². The lowest BCUT2D eigenvalue weighted by Gasteiger charge is -2.28. The molecule has 0 amide bonds. The van der Waals surface area contributed by atoms with Gasteiger partial charge in [0.25, 0.3) is 0 Å². The molecule has 16 heavy (non-hydrogen) atoms. The summed E-state index contributed by atoms with van der Waals surface area (Å²) >= 11 is 0. The molecular formula is C14H28N2. The van der Waals surface area contributed by atoms with Crippen LogP contribution in [-0.4, -0.2) is 18.1 Å². The van der Waals surface area contributed by atoms with Crippen molar-refractivity contribution >= 4 is 0 Å². The van der Waals surface area contributed by atoms with E-state index in [0.717, 1.165) is 6.04 Å². The lowest BCUT2D eigenvalue weighted by Crippen LogP contribution is -2.48. The first-order chi connectivity index (χ1) is 7.86. The molecule has 2 aliphatic carbocycles. The Balaban J connectivity index is 1.81. The van der Waals surface area contributed by atoms with E-state index in [4.69, 9.17) is 5.73 Å². The molecule has 3 N–H and O–H groups in total. The zero-order valence-corrected chi connectivity index (χ0v) is 10.6. The van der Waals surface area contributed by atoms with Crippen molar-refractivity contribution in [3.63, 3.8) is 0 Å². The topological polar surface area (TPSA) is 38.0 Å². The molecule has 0 heterocycles. The van der Waals surface area contributed by atoms with E-state index in [1.165, 1.54) is 70.6 Å². The van der Waals surface area contributed by atoms with Gasteiger partial charge < -0.3 is 11.1 Å². The maximum Gasteiger partial charge on any atom is 0.0221 e. The average molecular weight is 224 g/mol. The van der Waals surface area contributed by atoms with Crippen LogP contribution >= 0.6 is 0 Å². The highest BCUT2D eigenvalue weighted by atomic mass is 15.0. The Morgan fingerprint density at radius 1 is 0.688 bits per heavy atom. The van der Waals surface area contributed by atoms with Crippen molar-refractivity contribution in [2.45, 2.75) is 88.8 Å². The maximum absolute atomic E-state index is 6.27. The third kappa shape index (κ3) is 3.74. The molecule has 2 unspecified atom stereocenters. The zero-order chi connectivity index (χ0) is 11.2. The monoisotopic (exact) mass is 224 g/mol. The molecule has 2 rings (SSSR count). The van der Waals surface area contributed by atoms with E-state index in [1.807, 2.05) is 0 Å². The van der Waals surface area contributed by atoms with Crippen LogP contribution in [0.4, 0.5) is 0 Å². The molecule has 0 spiro atoms. The molecule has 2 atom stereocenters. The summed E-state index contributed by atoms with van der Waals surface area (Å²) in [6, 6.07) is 1.77. The summed E-state index contributed by atoms with van der Waals surface area (Å²) in [4.78, 5) is 0. The number of rotatable bonds is 2. The van der Waals surface area contributed by atoms with Crippen LogP contribution < -0.4 is 11.1 Å². The van der Waals surface area contributed by atoms with Gasteiger partial charge in [0.15, 0.2) is 0 Å². The summed E-state index contributed by atoms with van der Waals surface area (Å²) in [7, 11) is 0. The molecule has 0 aromatic rings. The van der Waals surface area contributed by atoms with Gasteiger partial charge in [0.05, 0.1) is 0 Å². The first kappa shape index (κ1) is 12.4. The Morgan fingerprint density at radius 2 is 1.25 bits per heavy atom. The van der Waals surface area contributed by atoms with Crippen molar-refractivity contribution in [1.29, 1.82) is 0 Å². The first-order valence-electron chi connectivity index (χ1n) is 7.38. The summed E-state index contributed by atoms with van der Waals surface area (Å²) in [6.07, 6.45) is 15.1. The second-order valence-corrected chi connectivity index (χ2v) is 5.76. The van der Waals surface area contributed by atoms with E-state index in [1.54, 1.807) is 0 Å². The van der Waals surface area contributed by atoms with Crippen LogP contribution in [-0.2, 0) is 0 Å². The molecule has 0 bridgehead atoms. The van der Waals surface area contributed by atoms with Crippen molar-refractivity contribution in [2.24, 2.45) is 5.73 Å². The fourth-order valence-electron chi connectivity index (χ4n) is 3.29. The molecule has 0 aromatic heterocycles. The quantitative estimate of drug-likeness (QED) is 0.708. The van der Waals surface area contributed by atoms with Crippen LogP contribution in [0.1, 0.15) is 70.6 Å². The number of nitrogens with two attached hydrogens (primary N) is 1. The van der Waals surface area contributed by atoms with Crippen LogP contribution in [0.3, 0.4) is 0 Å². The molecule has 2 aliphatic rings. The van der Waals surface area contributed by atoms with Gasteiger partial charge in [-0.15, -0.1) is 0 Å². The van der Waals surface area contributed by atoms with Gasteiger partial charge in [-0.25, -0.2) is 0 Å². The van der Waals surface area contributed by atoms with E-state index in [9.17, 15) is 0 Å². The smallest absolute Gasteiger partial charge is 0.0221 e. The van der Waals surface area contributed by atoms with Crippen molar-refractivity contribution in [1.82, 2.24) is 5.32 Å². The predicted molar refractivity (Wildman–Crippen MR) is 69.5 cm³/mol. The number of nitrogens with one attached hydrogen (secondary N) is 1. The second-order valence-electron chi connectivity index (χ2n) is 5.76. The van der Waals surface area contributed by atoms with E-state index < -0.39 is 0 Å². The largest absolute Gasteiger partial charge is 0.326 e. The Labute approximate surface area is 100 Å². The lowest BCUT2D eigenvalue weighted by atomic mass is 10.0. The number of hydrogen-bond donors (Lipinski definition) is 2. The molecule has 0 saturated heterocycles. The summed E-state index contributed by atoms with van der Waals surface area (Å²) < 4.78 is 0. The highest BCUT2D eigenvalue weighted by Crippen LogP contribution is 2.21. The van der Waals surface area contributed by atoms with Crippen LogP contribution in [0.15, 0.2) is 0 Å². The zero-order valence-electron chi connectivity index (χ0n) is 10.6. The highest BCUT2D eigenvalue weighted by molar-refractivity contribution is 4.85. The van der Waals surface area contributed by atoms with Gasteiger partial charge in [0.1, 0.15) is 0 Å².